The van der Waals surface area contributed by atoms with Gasteiger partial charge >= 0.3 is 5.97 Å². The molecule has 0 aromatic carbocycles. The number of unbranched alkanes of at least 4 members (excludes halogenated alkanes) is 2. The third-order valence-electron chi connectivity index (χ3n) is 5.01. The second kappa shape index (κ2) is 17.2. The number of nitrogens with two attached hydrogens (primary N) is 3. The SMILES string of the molecule is CC(C)CC(NC(=O)C(N)CO)C(=O)NC(CCCCN)C(=O)NC(CCCCN)C(=O)O. The zero-order valence-corrected chi connectivity index (χ0v) is 19.7. The summed E-state index contributed by atoms with van der Waals surface area (Å²) in [6, 6.07) is -4.26. The smallest absolute Gasteiger partial charge is 0.326 e. The molecule has 12 nitrogen and oxygen atoms in total. The average molecular weight is 475 g/mol. The summed E-state index contributed by atoms with van der Waals surface area (Å²) in [7, 11) is 0. The highest BCUT2D eigenvalue weighted by atomic mass is 16.4. The van der Waals surface area contributed by atoms with Crippen LogP contribution in [0.15, 0.2) is 0 Å². The van der Waals surface area contributed by atoms with Gasteiger partial charge in [0.2, 0.25) is 17.7 Å². The Kier molecular flexibility index (Phi) is 16.0. The molecule has 0 bridgehead atoms. The van der Waals surface area contributed by atoms with Crippen molar-refractivity contribution in [1.82, 2.24) is 16.0 Å². The van der Waals surface area contributed by atoms with Gasteiger partial charge in [0.05, 0.1) is 6.61 Å². The Hall–Kier alpha value is -2.28. The number of carboxylic acids is 1. The minimum Gasteiger partial charge on any atom is -0.480 e. The molecule has 0 aliphatic rings. The number of aliphatic hydroxyl groups is 1. The van der Waals surface area contributed by atoms with Gasteiger partial charge in [-0.25, -0.2) is 4.79 Å². The molecule has 0 spiro atoms. The van der Waals surface area contributed by atoms with E-state index in [1.807, 2.05) is 13.8 Å². The molecule has 0 radical (unpaired) electrons. The highest BCUT2D eigenvalue weighted by Gasteiger charge is 2.30. The van der Waals surface area contributed by atoms with Crippen LogP contribution in [-0.2, 0) is 19.2 Å². The van der Waals surface area contributed by atoms with E-state index < -0.39 is 54.5 Å². The monoisotopic (exact) mass is 474 g/mol. The van der Waals surface area contributed by atoms with Crippen molar-refractivity contribution in [2.24, 2.45) is 23.1 Å². The number of nitrogens with one attached hydrogen (secondary N) is 3. The Morgan fingerprint density at radius 3 is 1.67 bits per heavy atom. The molecule has 0 heterocycles. The van der Waals surface area contributed by atoms with Crippen LogP contribution in [0.2, 0.25) is 0 Å². The van der Waals surface area contributed by atoms with Crippen LogP contribution in [-0.4, -0.2) is 77.8 Å². The first-order valence-corrected chi connectivity index (χ1v) is 11.5. The summed E-state index contributed by atoms with van der Waals surface area (Å²) in [5.74, 6) is -3.04. The molecule has 0 fully saturated rings. The molecular weight excluding hydrogens is 432 g/mol. The van der Waals surface area contributed by atoms with Gasteiger partial charge in [-0.1, -0.05) is 13.8 Å². The van der Waals surface area contributed by atoms with E-state index in [0.717, 1.165) is 0 Å². The highest BCUT2D eigenvalue weighted by molar-refractivity contribution is 5.94. The summed E-state index contributed by atoms with van der Waals surface area (Å²) < 4.78 is 0. The average Bonchev–Trinajstić information content (AvgIpc) is 2.76. The molecule has 192 valence electrons. The molecule has 0 rings (SSSR count). The molecular formula is C21H42N6O6. The van der Waals surface area contributed by atoms with Crippen LogP contribution in [0.5, 0.6) is 0 Å². The van der Waals surface area contributed by atoms with Gasteiger partial charge in [0.15, 0.2) is 0 Å². The Morgan fingerprint density at radius 2 is 1.21 bits per heavy atom. The number of carboxylic acid groups (broad SMARTS) is 1. The minimum absolute atomic E-state index is 0.0369. The van der Waals surface area contributed by atoms with Gasteiger partial charge in [0.1, 0.15) is 24.2 Å². The third-order valence-corrected chi connectivity index (χ3v) is 5.01. The summed E-state index contributed by atoms with van der Waals surface area (Å²) in [5.41, 5.74) is 16.5. The summed E-state index contributed by atoms with van der Waals surface area (Å²) in [5, 5.41) is 26.1. The van der Waals surface area contributed by atoms with Crippen LogP contribution in [0.4, 0.5) is 0 Å². The lowest BCUT2D eigenvalue weighted by Gasteiger charge is -2.26. The number of hydrogen-bond donors (Lipinski definition) is 8. The zero-order chi connectivity index (χ0) is 25.4. The summed E-state index contributed by atoms with van der Waals surface area (Å²) in [6.07, 6.45) is 3.07. The maximum absolute atomic E-state index is 12.9. The lowest BCUT2D eigenvalue weighted by molar-refractivity contribution is -0.142. The Labute approximate surface area is 195 Å². The summed E-state index contributed by atoms with van der Waals surface area (Å²) in [6.45, 7) is 3.98. The maximum atomic E-state index is 12.9. The van der Waals surface area contributed by atoms with Crippen molar-refractivity contribution >= 4 is 23.7 Å². The first-order chi connectivity index (χ1) is 15.6. The Morgan fingerprint density at radius 1 is 0.758 bits per heavy atom. The molecule has 4 unspecified atom stereocenters. The van der Waals surface area contributed by atoms with E-state index in [1.165, 1.54) is 0 Å². The maximum Gasteiger partial charge on any atom is 0.326 e. The second-order valence-corrected chi connectivity index (χ2v) is 8.51. The normalized spacial score (nSPS) is 14.8. The third kappa shape index (κ3) is 13.1. The number of aliphatic hydroxyl groups excluding tert-OH is 1. The fourth-order valence-electron chi connectivity index (χ4n) is 3.12. The van der Waals surface area contributed by atoms with Crippen LogP contribution in [0.25, 0.3) is 0 Å². The van der Waals surface area contributed by atoms with E-state index in [4.69, 9.17) is 22.3 Å². The number of amides is 3. The Bertz CT molecular complexity index is 618. The van der Waals surface area contributed by atoms with E-state index in [0.29, 0.717) is 38.8 Å². The van der Waals surface area contributed by atoms with E-state index in [2.05, 4.69) is 16.0 Å². The molecule has 0 aromatic heterocycles. The number of rotatable bonds is 18. The van der Waals surface area contributed by atoms with E-state index in [9.17, 15) is 24.3 Å². The van der Waals surface area contributed by atoms with Gasteiger partial charge in [0, 0.05) is 0 Å². The van der Waals surface area contributed by atoms with Crippen molar-refractivity contribution in [1.29, 1.82) is 0 Å². The highest BCUT2D eigenvalue weighted by Crippen LogP contribution is 2.09. The van der Waals surface area contributed by atoms with Crippen LogP contribution < -0.4 is 33.2 Å². The molecule has 4 atom stereocenters. The van der Waals surface area contributed by atoms with E-state index in [-0.39, 0.29) is 25.2 Å². The van der Waals surface area contributed by atoms with E-state index in [1.54, 1.807) is 0 Å². The van der Waals surface area contributed by atoms with Gasteiger partial charge in [0.25, 0.3) is 0 Å². The predicted octanol–water partition coefficient (Wildman–Crippen LogP) is -1.85. The quantitative estimate of drug-likeness (QED) is 0.104. The number of hydrogen-bond acceptors (Lipinski definition) is 8. The van der Waals surface area contributed by atoms with Crippen molar-refractivity contribution in [3.05, 3.63) is 0 Å². The number of aliphatic carboxylic acids is 1. The topological polar surface area (TPSA) is 223 Å². The lowest BCUT2D eigenvalue weighted by atomic mass is 10.0. The fraction of sp³-hybridized carbons (Fsp3) is 0.810. The van der Waals surface area contributed by atoms with E-state index >= 15 is 0 Å². The standard InChI is InChI=1S/C21H42N6O6/c1-13(2)11-17(27-18(29)14(24)12-28)20(31)25-15(7-3-5-9-22)19(30)26-16(21(32)33)8-4-6-10-23/h13-17,28H,3-12,22-24H2,1-2H3,(H,25,31)(H,26,30)(H,27,29)(H,32,33). The van der Waals surface area contributed by atoms with Crippen LogP contribution in [0, 0.1) is 5.92 Å². The van der Waals surface area contributed by atoms with Crippen LogP contribution in [0.3, 0.4) is 0 Å². The predicted molar refractivity (Wildman–Crippen MR) is 124 cm³/mol. The molecule has 3 amide bonds. The zero-order valence-electron chi connectivity index (χ0n) is 19.7. The summed E-state index contributed by atoms with van der Waals surface area (Å²) >= 11 is 0. The molecule has 0 aromatic rings. The van der Waals surface area contributed by atoms with Crippen molar-refractivity contribution in [3.63, 3.8) is 0 Å². The van der Waals surface area contributed by atoms with Crippen molar-refractivity contribution in [2.75, 3.05) is 19.7 Å². The Balaban J connectivity index is 5.41. The first kappa shape index (κ1) is 30.7. The fourth-order valence-corrected chi connectivity index (χ4v) is 3.12. The van der Waals surface area contributed by atoms with Crippen molar-refractivity contribution in [3.8, 4) is 0 Å². The first-order valence-electron chi connectivity index (χ1n) is 11.5. The molecule has 11 N–H and O–H groups in total. The summed E-state index contributed by atoms with van der Waals surface area (Å²) in [4.78, 5) is 49.4. The molecule has 0 aliphatic carbocycles. The van der Waals surface area contributed by atoms with Gasteiger partial charge in [-0.05, 0) is 64.0 Å². The van der Waals surface area contributed by atoms with Gasteiger partial charge in [-0.15, -0.1) is 0 Å². The number of carbonyl (C=O) groups is 4. The van der Waals surface area contributed by atoms with Crippen molar-refractivity contribution in [2.45, 2.75) is 83.0 Å². The van der Waals surface area contributed by atoms with Crippen molar-refractivity contribution < 1.29 is 29.4 Å². The van der Waals surface area contributed by atoms with Crippen LogP contribution >= 0.6 is 0 Å². The molecule has 12 heteroatoms. The van der Waals surface area contributed by atoms with Gasteiger partial charge in [-0.2, -0.15) is 0 Å². The second-order valence-electron chi connectivity index (χ2n) is 8.51. The number of carbonyl (C=O) groups excluding carboxylic acids is 3. The molecule has 0 aliphatic heterocycles. The largest absolute Gasteiger partial charge is 0.480 e. The lowest BCUT2D eigenvalue weighted by Crippen LogP contribution is -2.57. The van der Waals surface area contributed by atoms with Crippen LogP contribution in [0.1, 0.15) is 58.8 Å². The van der Waals surface area contributed by atoms with Gasteiger partial charge in [-0.3, -0.25) is 14.4 Å². The van der Waals surface area contributed by atoms with Gasteiger partial charge < -0.3 is 43.4 Å². The molecule has 33 heavy (non-hydrogen) atoms. The molecule has 0 saturated carbocycles. The molecule has 0 saturated heterocycles. The minimum atomic E-state index is -1.18.